The highest BCUT2D eigenvalue weighted by atomic mass is 16.5. The Morgan fingerprint density at radius 2 is 1.72 bits per heavy atom. The van der Waals surface area contributed by atoms with Crippen molar-refractivity contribution < 1.29 is 9.84 Å². The molecule has 1 fully saturated rings. The molecule has 108 valence electrons. The molecule has 0 aromatic carbocycles. The van der Waals surface area contributed by atoms with Gasteiger partial charge in [-0.1, -0.05) is 58.3 Å². The molecule has 1 rings (SSSR count). The van der Waals surface area contributed by atoms with Gasteiger partial charge in [-0.2, -0.15) is 0 Å². The third kappa shape index (κ3) is 5.71. The minimum Gasteiger partial charge on any atom is -0.390 e. The Morgan fingerprint density at radius 1 is 1.06 bits per heavy atom. The molecular weight excluding hydrogens is 224 g/mol. The van der Waals surface area contributed by atoms with Gasteiger partial charge in [0.05, 0.1) is 12.2 Å². The molecule has 0 unspecified atom stereocenters. The molecule has 1 aliphatic carbocycles. The number of rotatable bonds is 9. The molecule has 0 amide bonds. The van der Waals surface area contributed by atoms with Crippen LogP contribution in [0.2, 0.25) is 0 Å². The predicted octanol–water partition coefficient (Wildman–Crippen LogP) is 4.30. The Hall–Kier alpha value is -0.0800. The van der Waals surface area contributed by atoms with Gasteiger partial charge in [0.25, 0.3) is 0 Å². The van der Waals surface area contributed by atoms with E-state index in [-0.39, 0.29) is 12.2 Å². The van der Waals surface area contributed by atoms with Crippen LogP contribution < -0.4 is 0 Å². The summed E-state index contributed by atoms with van der Waals surface area (Å²) in [7, 11) is 1.76. The van der Waals surface area contributed by atoms with Crippen molar-refractivity contribution in [2.75, 3.05) is 7.11 Å². The normalized spacial score (nSPS) is 20.8. The van der Waals surface area contributed by atoms with Gasteiger partial charge in [0.2, 0.25) is 0 Å². The van der Waals surface area contributed by atoms with Crippen LogP contribution >= 0.6 is 0 Å². The summed E-state index contributed by atoms with van der Waals surface area (Å²) < 4.78 is 5.58. The summed E-state index contributed by atoms with van der Waals surface area (Å²) in [6, 6.07) is 0. The van der Waals surface area contributed by atoms with Gasteiger partial charge >= 0.3 is 0 Å². The zero-order chi connectivity index (χ0) is 13.2. The summed E-state index contributed by atoms with van der Waals surface area (Å²) in [4.78, 5) is 0. The lowest BCUT2D eigenvalue weighted by atomic mass is 9.82. The predicted molar refractivity (Wildman–Crippen MR) is 76.8 cm³/mol. The minimum absolute atomic E-state index is 0.0801. The van der Waals surface area contributed by atoms with Gasteiger partial charge in [0.1, 0.15) is 0 Å². The van der Waals surface area contributed by atoms with Crippen molar-refractivity contribution in [2.45, 2.75) is 89.8 Å². The van der Waals surface area contributed by atoms with Crippen LogP contribution in [-0.4, -0.2) is 24.4 Å². The number of unbranched alkanes of at least 4 members (excludes halogenated alkanes) is 4. The SMILES string of the molecule is CCCCCCC[C@H](O)[C@H](OC)C1CCCCC1. The molecule has 0 heterocycles. The minimum atomic E-state index is -0.250. The molecule has 0 spiro atoms. The van der Waals surface area contributed by atoms with Crippen molar-refractivity contribution in [1.82, 2.24) is 0 Å². The molecular formula is C16H32O2. The van der Waals surface area contributed by atoms with Gasteiger partial charge in [-0.25, -0.2) is 0 Å². The van der Waals surface area contributed by atoms with Crippen molar-refractivity contribution in [3.8, 4) is 0 Å². The number of aliphatic hydroxyl groups is 1. The van der Waals surface area contributed by atoms with E-state index in [9.17, 15) is 5.11 Å². The van der Waals surface area contributed by atoms with Crippen LogP contribution in [0.4, 0.5) is 0 Å². The first-order chi connectivity index (χ1) is 8.79. The molecule has 0 radical (unpaired) electrons. The van der Waals surface area contributed by atoms with Gasteiger partial charge in [-0.05, 0) is 25.2 Å². The molecule has 0 aromatic rings. The summed E-state index contributed by atoms with van der Waals surface area (Å²) >= 11 is 0. The Balaban J connectivity index is 2.21. The van der Waals surface area contributed by atoms with Gasteiger partial charge in [0, 0.05) is 7.11 Å². The maximum atomic E-state index is 10.3. The first-order valence-electron chi connectivity index (χ1n) is 8.00. The Morgan fingerprint density at radius 3 is 2.33 bits per heavy atom. The average Bonchev–Trinajstić information content (AvgIpc) is 2.40. The van der Waals surface area contributed by atoms with Crippen molar-refractivity contribution in [1.29, 1.82) is 0 Å². The molecule has 2 nitrogen and oxygen atoms in total. The van der Waals surface area contributed by atoms with Crippen LogP contribution in [0, 0.1) is 5.92 Å². The van der Waals surface area contributed by atoms with E-state index in [1.807, 2.05) is 0 Å². The largest absolute Gasteiger partial charge is 0.390 e. The lowest BCUT2D eigenvalue weighted by Gasteiger charge is -2.32. The molecule has 1 saturated carbocycles. The molecule has 0 saturated heterocycles. The van der Waals surface area contributed by atoms with Gasteiger partial charge < -0.3 is 9.84 Å². The number of ether oxygens (including phenoxy) is 1. The van der Waals surface area contributed by atoms with Gasteiger partial charge in [0.15, 0.2) is 0 Å². The number of hydrogen-bond donors (Lipinski definition) is 1. The Labute approximate surface area is 113 Å². The third-order valence-electron chi connectivity index (χ3n) is 4.37. The van der Waals surface area contributed by atoms with Crippen LogP contribution in [0.15, 0.2) is 0 Å². The first-order valence-corrected chi connectivity index (χ1v) is 8.00. The van der Waals surface area contributed by atoms with E-state index in [0.29, 0.717) is 5.92 Å². The van der Waals surface area contributed by atoms with E-state index in [0.717, 1.165) is 12.8 Å². The summed E-state index contributed by atoms with van der Waals surface area (Å²) in [6.45, 7) is 2.23. The molecule has 2 heteroatoms. The number of aliphatic hydroxyl groups excluding tert-OH is 1. The van der Waals surface area contributed by atoms with Crippen molar-refractivity contribution >= 4 is 0 Å². The van der Waals surface area contributed by atoms with Crippen LogP contribution in [0.25, 0.3) is 0 Å². The molecule has 0 aliphatic heterocycles. The summed E-state index contributed by atoms with van der Waals surface area (Å²) in [6.07, 6.45) is 13.5. The van der Waals surface area contributed by atoms with Crippen molar-refractivity contribution in [2.24, 2.45) is 5.92 Å². The standard InChI is InChI=1S/C16H32O2/c1-3-4-5-6-10-13-15(17)16(18-2)14-11-8-7-9-12-14/h14-17H,3-13H2,1-2H3/t15-,16+/m0/s1. The van der Waals surface area contributed by atoms with Crippen molar-refractivity contribution in [3.05, 3.63) is 0 Å². The second kappa shape index (κ2) is 9.80. The maximum absolute atomic E-state index is 10.3. The summed E-state index contributed by atoms with van der Waals surface area (Å²) in [5, 5.41) is 10.3. The molecule has 18 heavy (non-hydrogen) atoms. The molecule has 1 aliphatic rings. The zero-order valence-corrected chi connectivity index (χ0v) is 12.4. The quantitative estimate of drug-likeness (QED) is 0.623. The van der Waals surface area contributed by atoms with Gasteiger partial charge in [-0.15, -0.1) is 0 Å². The molecule has 1 N–H and O–H groups in total. The fraction of sp³-hybridized carbons (Fsp3) is 1.00. The second-order valence-corrected chi connectivity index (χ2v) is 5.87. The van der Waals surface area contributed by atoms with E-state index in [4.69, 9.17) is 4.74 Å². The second-order valence-electron chi connectivity index (χ2n) is 5.87. The highest BCUT2D eigenvalue weighted by Gasteiger charge is 2.28. The summed E-state index contributed by atoms with van der Waals surface area (Å²) in [5.41, 5.74) is 0. The number of hydrogen-bond acceptors (Lipinski definition) is 2. The highest BCUT2D eigenvalue weighted by molar-refractivity contribution is 4.80. The monoisotopic (exact) mass is 256 g/mol. The average molecular weight is 256 g/mol. The van der Waals surface area contributed by atoms with E-state index >= 15 is 0 Å². The van der Waals surface area contributed by atoms with E-state index in [1.165, 1.54) is 57.8 Å². The highest BCUT2D eigenvalue weighted by Crippen LogP contribution is 2.30. The van der Waals surface area contributed by atoms with Crippen molar-refractivity contribution in [3.63, 3.8) is 0 Å². The zero-order valence-electron chi connectivity index (χ0n) is 12.4. The smallest absolute Gasteiger partial charge is 0.0858 e. The molecule has 0 bridgehead atoms. The fourth-order valence-corrected chi connectivity index (χ4v) is 3.25. The topological polar surface area (TPSA) is 29.5 Å². The van der Waals surface area contributed by atoms with Crippen LogP contribution in [0.5, 0.6) is 0 Å². The Bertz CT molecular complexity index is 188. The maximum Gasteiger partial charge on any atom is 0.0858 e. The third-order valence-corrected chi connectivity index (χ3v) is 4.37. The number of methoxy groups -OCH3 is 1. The molecule has 0 aromatic heterocycles. The summed E-state index contributed by atoms with van der Waals surface area (Å²) in [5.74, 6) is 0.592. The van der Waals surface area contributed by atoms with Crippen LogP contribution in [-0.2, 0) is 4.74 Å². The van der Waals surface area contributed by atoms with E-state index in [2.05, 4.69) is 6.92 Å². The van der Waals surface area contributed by atoms with Gasteiger partial charge in [-0.3, -0.25) is 0 Å². The lowest BCUT2D eigenvalue weighted by molar-refractivity contribution is -0.0577. The Kier molecular flexibility index (Phi) is 8.70. The van der Waals surface area contributed by atoms with E-state index < -0.39 is 0 Å². The van der Waals surface area contributed by atoms with Crippen LogP contribution in [0.1, 0.15) is 77.6 Å². The van der Waals surface area contributed by atoms with E-state index in [1.54, 1.807) is 7.11 Å². The van der Waals surface area contributed by atoms with Crippen LogP contribution in [0.3, 0.4) is 0 Å². The molecule has 2 atom stereocenters. The fourth-order valence-electron chi connectivity index (χ4n) is 3.25. The lowest BCUT2D eigenvalue weighted by Crippen LogP contribution is -2.36. The first kappa shape index (κ1) is 16.0.